The lowest BCUT2D eigenvalue weighted by Gasteiger charge is -2.22. The Morgan fingerprint density at radius 3 is 2.87 bits per heavy atom. The highest BCUT2D eigenvalue weighted by molar-refractivity contribution is 5.41. The molecule has 0 aliphatic carbocycles. The van der Waals surface area contributed by atoms with Gasteiger partial charge in [0.05, 0.1) is 25.1 Å². The Labute approximate surface area is 87.2 Å². The minimum absolute atomic E-state index is 0.0621. The van der Waals surface area contributed by atoms with Crippen LogP contribution < -0.4 is 10.5 Å². The van der Waals surface area contributed by atoms with Crippen molar-refractivity contribution in [3.63, 3.8) is 0 Å². The standard InChI is InChI=1S/C10H13FN2O2/c11-8-6-13-10(5-9(8)12)15-7-1-3-14-4-2-7/h5-7H,1-4H2,(H2,12,13). The second-order valence-corrected chi connectivity index (χ2v) is 3.47. The maximum absolute atomic E-state index is 12.8. The Morgan fingerprint density at radius 1 is 1.47 bits per heavy atom. The number of ether oxygens (including phenoxy) is 2. The molecule has 0 aromatic carbocycles. The summed E-state index contributed by atoms with van der Waals surface area (Å²) in [5, 5.41) is 0. The van der Waals surface area contributed by atoms with Crippen molar-refractivity contribution < 1.29 is 13.9 Å². The summed E-state index contributed by atoms with van der Waals surface area (Å²) in [6.07, 6.45) is 2.83. The molecule has 0 unspecified atom stereocenters. The summed E-state index contributed by atoms with van der Waals surface area (Å²) >= 11 is 0. The molecular weight excluding hydrogens is 199 g/mol. The predicted molar refractivity (Wildman–Crippen MR) is 53.1 cm³/mol. The van der Waals surface area contributed by atoms with E-state index in [1.54, 1.807) is 0 Å². The van der Waals surface area contributed by atoms with Crippen LogP contribution in [0.5, 0.6) is 5.88 Å². The van der Waals surface area contributed by atoms with Crippen molar-refractivity contribution in [3.8, 4) is 5.88 Å². The van der Waals surface area contributed by atoms with Crippen molar-refractivity contribution >= 4 is 5.69 Å². The van der Waals surface area contributed by atoms with Gasteiger partial charge >= 0.3 is 0 Å². The molecular formula is C10H13FN2O2. The van der Waals surface area contributed by atoms with Gasteiger partial charge in [0, 0.05) is 18.9 Å². The molecule has 0 saturated carbocycles. The number of pyridine rings is 1. The van der Waals surface area contributed by atoms with Crippen molar-refractivity contribution in [2.24, 2.45) is 0 Å². The van der Waals surface area contributed by atoms with Crippen LogP contribution in [0.3, 0.4) is 0 Å². The molecule has 2 heterocycles. The number of nitrogens with two attached hydrogens (primary N) is 1. The zero-order valence-corrected chi connectivity index (χ0v) is 8.28. The van der Waals surface area contributed by atoms with Gasteiger partial charge in [-0.2, -0.15) is 0 Å². The highest BCUT2D eigenvalue weighted by Gasteiger charge is 2.16. The van der Waals surface area contributed by atoms with Crippen molar-refractivity contribution in [1.29, 1.82) is 0 Å². The fourth-order valence-corrected chi connectivity index (χ4v) is 1.46. The second kappa shape index (κ2) is 4.44. The van der Waals surface area contributed by atoms with Crippen molar-refractivity contribution in [2.75, 3.05) is 18.9 Å². The van der Waals surface area contributed by atoms with E-state index in [4.69, 9.17) is 15.2 Å². The van der Waals surface area contributed by atoms with Gasteiger partial charge in [-0.25, -0.2) is 9.37 Å². The molecule has 1 aromatic heterocycles. The third-order valence-electron chi connectivity index (χ3n) is 2.32. The lowest BCUT2D eigenvalue weighted by molar-refractivity contribution is 0.0237. The lowest BCUT2D eigenvalue weighted by atomic mass is 10.1. The normalized spacial score (nSPS) is 17.7. The monoisotopic (exact) mass is 212 g/mol. The van der Waals surface area contributed by atoms with Crippen LogP contribution in [0.25, 0.3) is 0 Å². The summed E-state index contributed by atoms with van der Waals surface area (Å²) in [7, 11) is 0. The summed E-state index contributed by atoms with van der Waals surface area (Å²) in [4.78, 5) is 3.82. The molecule has 5 heteroatoms. The van der Waals surface area contributed by atoms with E-state index in [0.717, 1.165) is 19.0 Å². The Bertz CT molecular complexity index is 340. The Hall–Kier alpha value is -1.36. The molecule has 0 radical (unpaired) electrons. The average Bonchev–Trinajstić information content (AvgIpc) is 2.25. The van der Waals surface area contributed by atoms with E-state index < -0.39 is 5.82 Å². The molecule has 0 atom stereocenters. The van der Waals surface area contributed by atoms with Crippen molar-refractivity contribution in [2.45, 2.75) is 18.9 Å². The van der Waals surface area contributed by atoms with Gasteiger partial charge in [0.25, 0.3) is 0 Å². The van der Waals surface area contributed by atoms with Crippen LogP contribution in [-0.2, 0) is 4.74 Å². The minimum Gasteiger partial charge on any atom is -0.474 e. The van der Waals surface area contributed by atoms with Gasteiger partial charge < -0.3 is 15.2 Å². The summed E-state index contributed by atoms with van der Waals surface area (Å²) in [6.45, 7) is 1.39. The lowest BCUT2D eigenvalue weighted by Crippen LogP contribution is -2.26. The summed E-state index contributed by atoms with van der Waals surface area (Å²) in [5.74, 6) is -0.143. The number of hydrogen-bond acceptors (Lipinski definition) is 4. The average molecular weight is 212 g/mol. The smallest absolute Gasteiger partial charge is 0.215 e. The Morgan fingerprint density at radius 2 is 2.20 bits per heavy atom. The highest BCUT2D eigenvalue weighted by atomic mass is 19.1. The first-order valence-electron chi connectivity index (χ1n) is 4.91. The Balaban J connectivity index is 2.00. The maximum Gasteiger partial charge on any atom is 0.215 e. The third kappa shape index (κ3) is 2.56. The SMILES string of the molecule is Nc1cc(OC2CCOCC2)ncc1F. The van der Waals surface area contributed by atoms with E-state index in [1.165, 1.54) is 6.07 Å². The van der Waals surface area contributed by atoms with Gasteiger partial charge in [-0.3, -0.25) is 0 Å². The number of hydrogen-bond donors (Lipinski definition) is 1. The third-order valence-corrected chi connectivity index (χ3v) is 2.32. The van der Waals surface area contributed by atoms with E-state index in [-0.39, 0.29) is 11.8 Å². The fourth-order valence-electron chi connectivity index (χ4n) is 1.46. The molecule has 1 aromatic rings. The van der Waals surface area contributed by atoms with E-state index >= 15 is 0 Å². The van der Waals surface area contributed by atoms with Crippen LogP contribution in [-0.4, -0.2) is 24.3 Å². The molecule has 1 fully saturated rings. The molecule has 0 bridgehead atoms. The molecule has 1 saturated heterocycles. The number of rotatable bonds is 2. The van der Waals surface area contributed by atoms with Crippen LogP contribution >= 0.6 is 0 Å². The first kappa shape index (κ1) is 10.2. The van der Waals surface area contributed by atoms with E-state index in [2.05, 4.69) is 4.98 Å². The molecule has 1 aliphatic rings. The van der Waals surface area contributed by atoms with Crippen LogP contribution in [0.1, 0.15) is 12.8 Å². The van der Waals surface area contributed by atoms with E-state index in [9.17, 15) is 4.39 Å². The zero-order valence-electron chi connectivity index (χ0n) is 8.28. The number of nitrogens with zero attached hydrogens (tertiary/aromatic N) is 1. The zero-order chi connectivity index (χ0) is 10.7. The van der Waals surface area contributed by atoms with Gasteiger partial charge in [-0.05, 0) is 0 Å². The summed E-state index contributed by atoms with van der Waals surface area (Å²) < 4.78 is 23.6. The molecule has 2 N–H and O–H groups in total. The van der Waals surface area contributed by atoms with Crippen molar-refractivity contribution in [1.82, 2.24) is 4.98 Å². The Kier molecular flexibility index (Phi) is 3.01. The molecule has 4 nitrogen and oxygen atoms in total. The van der Waals surface area contributed by atoms with Gasteiger partial charge in [0.2, 0.25) is 5.88 Å². The highest BCUT2D eigenvalue weighted by Crippen LogP contribution is 2.19. The van der Waals surface area contributed by atoms with E-state index in [0.29, 0.717) is 19.1 Å². The first-order valence-corrected chi connectivity index (χ1v) is 4.91. The summed E-state index contributed by atoms with van der Waals surface area (Å²) in [5.41, 5.74) is 5.47. The molecule has 82 valence electrons. The van der Waals surface area contributed by atoms with Crippen molar-refractivity contribution in [3.05, 3.63) is 18.1 Å². The minimum atomic E-state index is -0.519. The second-order valence-electron chi connectivity index (χ2n) is 3.47. The summed E-state index contributed by atoms with van der Waals surface area (Å²) in [6, 6.07) is 1.41. The molecule has 0 amide bonds. The molecule has 1 aliphatic heterocycles. The van der Waals surface area contributed by atoms with Crippen LogP contribution in [0, 0.1) is 5.82 Å². The van der Waals surface area contributed by atoms with Gasteiger partial charge in [0.15, 0.2) is 5.82 Å². The van der Waals surface area contributed by atoms with Crippen LogP contribution in [0.15, 0.2) is 12.3 Å². The number of nitrogen functional groups attached to an aromatic ring is 1. The van der Waals surface area contributed by atoms with E-state index in [1.807, 2.05) is 0 Å². The molecule has 0 spiro atoms. The topological polar surface area (TPSA) is 57.4 Å². The molecule has 15 heavy (non-hydrogen) atoms. The maximum atomic E-state index is 12.8. The molecule has 2 rings (SSSR count). The number of aromatic nitrogens is 1. The first-order chi connectivity index (χ1) is 7.25. The van der Waals surface area contributed by atoms with Gasteiger partial charge in [0.1, 0.15) is 6.10 Å². The predicted octanol–water partition coefficient (Wildman–Crippen LogP) is 1.36. The van der Waals surface area contributed by atoms with Crippen LogP contribution in [0.2, 0.25) is 0 Å². The quantitative estimate of drug-likeness (QED) is 0.804. The number of anilines is 1. The van der Waals surface area contributed by atoms with Crippen LogP contribution in [0.4, 0.5) is 10.1 Å². The van der Waals surface area contributed by atoms with Gasteiger partial charge in [-0.15, -0.1) is 0 Å². The number of halogens is 1. The fraction of sp³-hybridized carbons (Fsp3) is 0.500. The van der Waals surface area contributed by atoms with Gasteiger partial charge in [-0.1, -0.05) is 0 Å². The largest absolute Gasteiger partial charge is 0.474 e.